The minimum atomic E-state index is 0.765. The van der Waals surface area contributed by atoms with Crippen molar-refractivity contribution in [3.05, 3.63) is 0 Å². The summed E-state index contributed by atoms with van der Waals surface area (Å²) in [4.78, 5) is 7.02. The van der Waals surface area contributed by atoms with E-state index in [0.717, 1.165) is 38.0 Å². The Labute approximate surface area is 147 Å². The van der Waals surface area contributed by atoms with Gasteiger partial charge in [0.05, 0.1) is 0 Å². The molecule has 0 radical (unpaired) electrons. The summed E-state index contributed by atoms with van der Waals surface area (Å²) < 4.78 is 0. The zero-order valence-electron chi connectivity index (χ0n) is 17.7. The third kappa shape index (κ3) is 24.2. The molecule has 0 aliphatic rings. The van der Waals surface area contributed by atoms with E-state index in [1.54, 1.807) is 0 Å². The van der Waals surface area contributed by atoms with Crippen molar-refractivity contribution in [2.24, 2.45) is 11.8 Å². The molecule has 0 aromatic carbocycles. The van der Waals surface area contributed by atoms with Gasteiger partial charge in [0.15, 0.2) is 0 Å². The first-order valence-corrected chi connectivity index (χ1v) is 9.41. The van der Waals surface area contributed by atoms with E-state index in [0.29, 0.717) is 0 Å². The Hall–Kier alpha value is -0.160. The van der Waals surface area contributed by atoms with Crippen molar-refractivity contribution < 1.29 is 0 Å². The summed E-state index contributed by atoms with van der Waals surface area (Å²) in [6.07, 6.45) is 1.22. The van der Waals surface area contributed by atoms with Crippen molar-refractivity contribution in [1.29, 1.82) is 0 Å². The third-order valence-electron chi connectivity index (χ3n) is 3.37. The van der Waals surface area contributed by atoms with E-state index in [4.69, 9.17) is 0 Å². The molecule has 4 nitrogen and oxygen atoms in total. The van der Waals surface area contributed by atoms with Gasteiger partial charge in [-0.2, -0.15) is 0 Å². The van der Waals surface area contributed by atoms with Gasteiger partial charge in [-0.05, 0) is 59.5 Å². The van der Waals surface area contributed by atoms with Crippen LogP contribution in [0.25, 0.3) is 0 Å². The predicted molar refractivity (Wildman–Crippen MR) is 106 cm³/mol. The molecule has 0 aliphatic heterocycles. The van der Waals surface area contributed by atoms with Gasteiger partial charge in [-0.1, -0.05) is 34.6 Å². The van der Waals surface area contributed by atoms with Crippen molar-refractivity contribution in [1.82, 2.24) is 20.0 Å². The lowest BCUT2D eigenvalue weighted by Crippen LogP contribution is -2.36. The molecule has 0 fully saturated rings. The van der Waals surface area contributed by atoms with Crippen LogP contribution in [0.4, 0.5) is 0 Å². The Balaban J connectivity index is 0. The molecule has 0 rings (SSSR count). The largest absolute Gasteiger partial charge is 0.315 e. The lowest BCUT2D eigenvalue weighted by molar-refractivity contribution is 0.240. The van der Waals surface area contributed by atoms with Crippen LogP contribution in [-0.4, -0.2) is 88.7 Å². The molecule has 0 saturated carbocycles. The molecule has 0 saturated heterocycles. The van der Waals surface area contributed by atoms with Crippen LogP contribution in [0.3, 0.4) is 0 Å². The summed E-state index contributed by atoms with van der Waals surface area (Å²) in [7, 11) is 8.61. The van der Waals surface area contributed by atoms with Crippen molar-refractivity contribution in [3.8, 4) is 0 Å². The van der Waals surface area contributed by atoms with Crippen LogP contribution in [0.5, 0.6) is 0 Å². The van der Waals surface area contributed by atoms with E-state index in [9.17, 15) is 0 Å². The molecule has 0 aliphatic carbocycles. The number of rotatable bonds is 12. The van der Waals surface area contributed by atoms with Crippen LogP contribution in [0, 0.1) is 11.8 Å². The van der Waals surface area contributed by atoms with Crippen LogP contribution in [0.2, 0.25) is 0 Å². The molecule has 0 amide bonds. The molecule has 1 N–H and O–H groups in total. The first kappa shape index (κ1) is 25.1. The SMILES string of the molecule is CC(C)CN(C)C.CCCNCCN(C)CCN(C)CC(C)C. The first-order valence-electron chi connectivity index (χ1n) is 9.41. The second kappa shape index (κ2) is 16.7. The molecular formula is C19H46N4. The minimum Gasteiger partial charge on any atom is -0.315 e. The highest BCUT2D eigenvalue weighted by molar-refractivity contribution is 4.60. The van der Waals surface area contributed by atoms with Crippen LogP contribution in [0.15, 0.2) is 0 Å². The third-order valence-corrected chi connectivity index (χ3v) is 3.37. The van der Waals surface area contributed by atoms with Crippen molar-refractivity contribution in [3.63, 3.8) is 0 Å². The molecule has 0 spiro atoms. The number of nitrogens with zero attached hydrogens (tertiary/aromatic N) is 3. The minimum absolute atomic E-state index is 0.765. The molecule has 23 heavy (non-hydrogen) atoms. The fraction of sp³-hybridized carbons (Fsp3) is 1.00. The molecule has 0 aromatic heterocycles. The van der Waals surface area contributed by atoms with E-state index < -0.39 is 0 Å². The second-order valence-corrected chi connectivity index (χ2v) is 7.87. The molecule has 4 heteroatoms. The van der Waals surface area contributed by atoms with Gasteiger partial charge < -0.3 is 20.0 Å². The van der Waals surface area contributed by atoms with Crippen LogP contribution < -0.4 is 5.32 Å². The lowest BCUT2D eigenvalue weighted by atomic mass is 10.2. The molecule has 0 atom stereocenters. The standard InChI is InChI=1S/C13H31N3.C6H15N/c1-6-7-14-8-9-15(4)10-11-16(5)12-13(2)3;1-6(2)5-7(3)4/h13-14H,6-12H2,1-5H3;6H,5H2,1-4H3. The average Bonchev–Trinajstić information content (AvgIpc) is 2.40. The Morgan fingerprint density at radius 1 is 0.696 bits per heavy atom. The van der Waals surface area contributed by atoms with Gasteiger partial charge in [-0.3, -0.25) is 0 Å². The van der Waals surface area contributed by atoms with Crippen molar-refractivity contribution in [2.45, 2.75) is 41.0 Å². The van der Waals surface area contributed by atoms with Crippen molar-refractivity contribution >= 4 is 0 Å². The molecular weight excluding hydrogens is 284 g/mol. The maximum absolute atomic E-state index is 3.43. The van der Waals surface area contributed by atoms with E-state index >= 15 is 0 Å². The zero-order chi connectivity index (χ0) is 18.3. The van der Waals surface area contributed by atoms with Gasteiger partial charge in [-0.25, -0.2) is 0 Å². The maximum atomic E-state index is 3.43. The molecule has 0 bridgehead atoms. The lowest BCUT2D eigenvalue weighted by Gasteiger charge is -2.23. The molecule has 0 aromatic rings. The Morgan fingerprint density at radius 3 is 1.61 bits per heavy atom. The van der Waals surface area contributed by atoms with E-state index in [-0.39, 0.29) is 0 Å². The van der Waals surface area contributed by atoms with E-state index in [1.165, 1.54) is 26.1 Å². The van der Waals surface area contributed by atoms with E-state index in [2.05, 4.69) is 82.8 Å². The summed E-state index contributed by atoms with van der Waals surface area (Å²) in [6, 6.07) is 0. The number of hydrogen-bond acceptors (Lipinski definition) is 4. The summed E-state index contributed by atoms with van der Waals surface area (Å²) in [6.45, 7) is 19.3. The Morgan fingerprint density at radius 2 is 1.22 bits per heavy atom. The second-order valence-electron chi connectivity index (χ2n) is 7.87. The van der Waals surface area contributed by atoms with Gasteiger partial charge in [0.1, 0.15) is 0 Å². The normalized spacial score (nSPS) is 11.7. The monoisotopic (exact) mass is 330 g/mol. The average molecular weight is 331 g/mol. The fourth-order valence-corrected chi connectivity index (χ4v) is 2.47. The summed E-state index contributed by atoms with van der Waals surface area (Å²) >= 11 is 0. The Kier molecular flexibility index (Phi) is 18.2. The number of likely N-dealkylation sites (N-methyl/N-ethyl adjacent to an activating group) is 2. The highest BCUT2D eigenvalue weighted by atomic mass is 15.2. The van der Waals surface area contributed by atoms with Crippen LogP contribution in [-0.2, 0) is 0 Å². The van der Waals surface area contributed by atoms with Gasteiger partial charge in [-0.15, -0.1) is 0 Å². The molecule has 0 unspecified atom stereocenters. The summed E-state index contributed by atoms with van der Waals surface area (Å²) in [5, 5.41) is 3.43. The smallest absolute Gasteiger partial charge is 0.0107 e. The van der Waals surface area contributed by atoms with Gasteiger partial charge in [0.25, 0.3) is 0 Å². The highest BCUT2D eigenvalue weighted by Gasteiger charge is 2.03. The predicted octanol–water partition coefficient (Wildman–Crippen LogP) is 2.71. The van der Waals surface area contributed by atoms with Crippen LogP contribution >= 0.6 is 0 Å². The van der Waals surface area contributed by atoms with Crippen molar-refractivity contribution in [2.75, 3.05) is 74.0 Å². The van der Waals surface area contributed by atoms with Gasteiger partial charge in [0, 0.05) is 32.7 Å². The highest BCUT2D eigenvalue weighted by Crippen LogP contribution is 1.95. The first-order chi connectivity index (χ1) is 10.7. The number of nitrogens with one attached hydrogen (secondary N) is 1. The Bertz CT molecular complexity index is 223. The number of hydrogen-bond donors (Lipinski definition) is 1. The molecule has 142 valence electrons. The van der Waals surface area contributed by atoms with Crippen LogP contribution in [0.1, 0.15) is 41.0 Å². The quantitative estimate of drug-likeness (QED) is 0.555. The molecule has 0 heterocycles. The van der Waals surface area contributed by atoms with E-state index in [1.807, 2.05) is 0 Å². The summed E-state index contributed by atoms with van der Waals surface area (Å²) in [5.41, 5.74) is 0. The van der Waals surface area contributed by atoms with Gasteiger partial charge >= 0.3 is 0 Å². The topological polar surface area (TPSA) is 21.8 Å². The summed E-state index contributed by atoms with van der Waals surface area (Å²) in [5.74, 6) is 1.57. The maximum Gasteiger partial charge on any atom is 0.0107 e. The zero-order valence-corrected chi connectivity index (χ0v) is 17.7. The fourth-order valence-electron chi connectivity index (χ4n) is 2.47. The van der Waals surface area contributed by atoms with Gasteiger partial charge in [0.2, 0.25) is 0 Å².